The number of rotatable bonds is 4. The van der Waals surface area contributed by atoms with E-state index in [0.717, 1.165) is 0 Å². The highest BCUT2D eigenvalue weighted by Crippen LogP contribution is 2.14. The Hall–Kier alpha value is 0.0569. The van der Waals surface area contributed by atoms with Gasteiger partial charge in [-0.1, -0.05) is 0 Å². The summed E-state index contributed by atoms with van der Waals surface area (Å²) in [6, 6.07) is 0. The largest absolute Gasteiger partial charge is 0.367 e. The molecule has 4 nitrogen and oxygen atoms in total. The van der Waals surface area contributed by atoms with Crippen molar-refractivity contribution in [1.82, 2.24) is 19.9 Å². The van der Waals surface area contributed by atoms with Crippen LogP contribution in [0.25, 0.3) is 0 Å². The Kier molecular flexibility index (Phi) is 6.30. The maximum atomic E-state index is 3.84. The maximum Gasteiger partial charge on any atom is 0.367 e. The normalized spacial score (nSPS) is 15.4. The first-order valence-corrected chi connectivity index (χ1v) is 10.0. The number of nitrogens with one attached hydrogen (secondary N) is 4. The Labute approximate surface area is 134 Å². The zero-order chi connectivity index (χ0) is 17.3. The molecule has 0 atom stereocenters. The maximum absolute atomic E-state index is 3.84. The molecule has 0 bridgehead atoms. The predicted octanol–water partition coefficient (Wildman–Crippen LogP) is 2.97. The fourth-order valence-electron chi connectivity index (χ4n) is 2.44. The van der Waals surface area contributed by atoms with E-state index in [1.54, 1.807) is 0 Å². The van der Waals surface area contributed by atoms with Crippen LogP contribution in [0.15, 0.2) is 0 Å². The van der Waals surface area contributed by atoms with Gasteiger partial charge in [-0.2, -0.15) is 0 Å². The first-order chi connectivity index (χ1) is 8.83. The van der Waals surface area contributed by atoms with Crippen molar-refractivity contribution < 1.29 is 0 Å². The van der Waals surface area contributed by atoms with E-state index in [1.807, 2.05) is 0 Å². The molecule has 0 aliphatic heterocycles. The summed E-state index contributed by atoms with van der Waals surface area (Å²) in [6.45, 7) is 26.6. The van der Waals surface area contributed by atoms with Crippen molar-refractivity contribution >= 4 is 8.72 Å². The molecule has 0 amide bonds. The Balaban J connectivity index is 5.70. The molecule has 0 rings (SSSR count). The average molecular weight is 317 g/mol. The van der Waals surface area contributed by atoms with Gasteiger partial charge in [-0.25, -0.2) is 0 Å². The Morgan fingerprint density at radius 1 is 0.381 bits per heavy atom. The molecule has 0 saturated carbocycles. The van der Waals surface area contributed by atoms with Gasteiger partial charge in [-0.05, 0) is 83.1 Å². The fraction of sp³-hybridized carbons (Fsp3) is 1.00. The van der Waals surface area contributed by atoms with Gasteiger partial charge in [0.1, 0.15) is 0 Å². The molecule has 5 heteroatoms. The average Bonchev–Trinajstić information content (AvgIpc) is 1.83. The summed E-state index contributed by atoms with van der Waals surface area (Å²) < 4.78 is 0. The van der Waals surface area contributed by atoms with Crippen LogP contribution in [0.1, 0.15) is 83.1 Å². The first-order valence-electron chi connectivity index (χ1n) is 8.00. The van der Waals surface area contributed by atoms with Gasteiger partial charge in [-0.15, -0.1) is 0 Å². The van der Waals surface area contributed by atoms with Gasteiger partial charge in [-0.3, -0.25) is 19.9 Å². The van der Waals surface area contributed by atoms with Gasteiger partial charge < -0.3 is 0 Å². The Bertz CT molecular complexity index is 257. The standard InChI is InChI=1S/C16H40N4Si/c1-13(2,3)17-21(18-14(4,5)6,19-15(7,8)9)20-16(10,11)12/h17-20H,1-12H3. The molecule has 0 unspecified atom stereocenters. The summed E-state index contributed by atoms with van der Waals surface area (Å²) in [5, 5.41) is 0. The SMILES string of the molecule is CC(C)(C)N[Si](NC(C)(C)C)(NC(C)(C)C)NC(C)(C)C. The van der Waals surface area contributed by atoms with E-state index in [-0.39, 0.29) is 22.2 Å². The van der Waals surface area contributed by atoms with Crippen LogP contribution in [0, 0.1) is 0 Å². The van der Waals surface area contributed by atoms with E-state index in [9.17, 15) is 0 Å². The molecule has 0 aromatic carbocycles. The van der Waals surface area contributed by atoms with Gasteiger partial charge in [0, 0.05) is 22.2 Å². The van der Waals surface area contributed by atoms with E-state index in [1.165, 1.54) is 0 Å². The van der Waals surface area contributed by atoms with Gasteiger partial charge in [0.15, 0.2) is 0 Å². The number of hydrogen-bond acceptors (Lipinski definition) is 4. The highest BCUT2D eigenvalue weighted by Gasteiger charge is 2.45. The van der Waals surface area contributed by atoms with Crippen LogP contribution in [0.3, 0.4) is 0 Å². The molecule has 21 heavy (non-hydrogen) atoms. The highest BCUT2D eigenvalue weighted by atomic mass is 28.4. The summed E-state index contributed by atoms with van der Waals surface area (Å²) in [6.07, 6.45) is 0. The summed E-state index contributed by atoms with van der Waals surface area (Å²) in [7, 11) is -2.34. The second-order valence-corrected chi connectivity index (χ2v) is 12.8. The summed E-state index contributed by atoms with van der Waals surface area (Å²) >= 11 is 0. The fourth-order valence-corrected chi connectivity index (χ4v) is 7.31. The van der Waals surface area contributed by atoms with E-state index in [2.05, 4.69) is 103 Å². The summed E-state index contributed by atoms with van der Waals surface area (Å²) in [5.41, 5.74) is 0.0594. The topological polar surface area (TPSA) is 48.1 Å². The lowest BCUT2D eigenvalue weighted by Gasteiger charge is -2.49. The van der Waals surface area contributed by atoms with E-state index >= 15 is 0 Å². The lowest BCUT2D eigenvalue weighted by atomic mass is 10.1. The van der Waals surface area contributed by atoms with Crippen LogP contribution in [-0.4, -0.2) is 30.9 Å². The number of hydrogen-bond donors (Lipinski definition) is 4. The minimum atomic E-state index is -2.34. The molecule has 4 N–H and O–H groups in total. The highest BCUT2D eigenvalue weighted by molar-refractivity contribution is 6.70. The lowest BCUT2D eigenvalue weighted by Crippen LogP contribution is -2.89. The van der Waals surface area contributed by atoms with Crippen molar-refractivity contribution in [2.75, 3.05) is 0 Å². The van der Waals surface area contributed by atoms with Gasteiger partial charge in [0.05, 0.1) is 0 Å². The van der Waals surface area contributed by atoms with Crippen molar-refractivity contribution in [2.24, 2.45) is 0 Å². The molecule has 0 aromatic rings. The first kappa shape index (κ1) is 21.1. The zero-order valence-electron chi connectivity index (χ0n) is 16.5. The quantitative estimate of drug-likeness (QED) is 0.602. The molecular weight excluding hydrogens is 276 g/mol. The minimum absolute atomic E-state index is 0.0149. The molecule has 0 heterocycles. The van der Waals surface area contributed by atoms with Gasteiger partial charge in [0.25, 0.3) is 0 Å². The molecule has 0 aliphatic rings. The second-order valence-electron chi connectivity index (χ2n) is 10.2. The molecule has 0 saturated heterocycles. The van der Waals surface area contributed by atoms with Crippen molar-refractivity contribution in [3.05, 3.63) is 0 Å². The molecule has 0 radical (unpaired) electrons. The minimum Gasteiger partial charge on any atom is -0.296 e. The zero-order valence-corrected chi connectivity index (χ0v) is 17.5. The predicted molar refractivity (Wildman–Crippen MR) is 97.3 cm³/mol. The van der Waals surface area contributed by atoms with E-state index in [4.69, 9.17) is 0 Å². The smallest absolute Gasteiger partial charge is 0.296 e. The van der Waals surface area contributed by atoms with Crippen molar-refractivity contribution in [1.29, 1.82) is 0 Å². The molecule has 0 aliphatic carbocycles. The van der Waals surface area contributed by atoms with Crippen LogP contribution in [0.2, 0.25) is 0 Å². The van der Waals surface area contributed by atoms with Crippen molar-refractivity contribution in [2.45, 2.75) is 105 Å². The van der Waals surface area contributed by atoms with E-state index in [0.29, 0.717) is 0 Å². The molecule has 0 aromatic heterocycles. The molecular formula is C16H40N4Si. The van der Waals surface area contributed by atoms with Crippen LogP contribution in [0.4, 0.5) is 0 Å². The molecule has 0 fully saturated rings. The third-order valence-electron chi connectivity index (χ3n) is 2.25. The van der Waals surface area contributed by atoms with Crippen LogP contribution in [0.5, 0.6) is 0 Å². The lowest BCUT2D eigenvalue weighted by molar-refractivity contribution is 0.377. The molecule has 0 spiro atoms. The van der Waals surface area contributed by atoms with Crippen molar-refractivity contribution in [3.8, 4) is 0 Å². The van der Waals surface area contributed by atoms with Crippen LogP contribution < -0.4 is 19.9 Å². The van der Waals surface area contributed by atoms with Crippen LogP contribution >= 0.6 is 0 Å². The Morgan fingerprint density at radius 2 is 0.524 bits per heavy atom. The monoisotopic (exact) mass is 316 g/mol. The summed E-state index contributed by atoms with van der Waals surface area (Å²) in [4.78, 5) is 15.4. The summed E-state index contributed by atoms with van der Waals surface area (Å²) in [5.74, 6) is 0. The molecule has 128 valence electrons. The van der Waals surface area contributed by atoms with Gasteiger partial charge >= 0.3 is 8.72 Å². The van der Waals surface area contributed by atoms with Crippen LogP contribution in [-0.2, 0) is 0 Å². The van der Waals surface area contributed by atoms with Gasteiger partial charge in [0.2, 0.25) is 0 Å². The Morgan fingerprint density at radius 3 is 0.619 bits per heavy atom. The van der Waals surface area contributed by atoms with E-state index < -0.39 is 8.72 Å². The third-order valence-corrected chi connectivity index (χ3v) is 6.75. The van der Waals surface area contributed by atoms with Crippen molar-refractivity contribution in [3.63, 3.8) is 0 Å². The second kappa shape index (κ2) is 6.28. The third kappa shape index (κ3) is 11.3.